The summed E-state index contributed by atoms with van der Waals surface area (Å²) < 4.78 is 4.97. The first kappa shape index (κ1) is 17.0. The van der Waals surface area contributed by atoms with E-state index in [9.17, 15) is 9.59 Å². The minimum absolute atomic E-state index is 0.155. The van der Waals surface area contributed by atoms with Crippen LogP contribution in [-0.4, -0.2) is 18.5 Å². The normalized spacial score (nSPS) is 10.2. The topological polar surface area (TPSA) is 55.4 Å². The zero-order valence-corrected chi connectivity index (χ0v) is 13.6. The maximum Gasteiger partial charge on any atom is 0.310 e. The molecule has 2 aromatic carbocycles. The van der Waals surface area contributed by atoms with Gasteiger partial charge in [-0.05, 0) is 30.2 Å². The average molecular weight is 332 g/mol. The Morgan fingerprint density at radius 3 is 2.52 bits per heavy atom. The number of halogens is 1. The van der Waals surface area contributed by atoms with Gasteiger partial charge < -0.3 is 10.1 Å². The summed E-state index contributed by atoms with van der Waals surface area (Å²) >= 11 is 5.87. The number of esters is 1. The summed E-state index contributed by atoms with van der Waals surface area (Å²) in [6.07, 6.45) is 0.155. The molecule has 1 N–H and O–H groups in total. The Labute approximate surface area is 140 Å². The van der Waals surface area contributed by atoms with E-state index in [1.807, 2.05) is 43.3 Å². The van der Waals surface area contributed by atoms with E-state index in [0.29, 0.717) is 11.6 Å². The third-order valence-corrected chi connectivity index (χ3v) is 3.45. The zero-order chi connectivity index (χ0) is 16.7. The van der Waals surface area contributed by atoms with E-state index in [1.54, 1.807) is 12.1 Å². The summed E-state index contributed by atoms with van der Waals surface area (Å²) in [6, 6.07) is 14.8. The highest BCUT2D eigenvalue weighted by Gasteiger charge is 2.08. The van der Waals surface area contributed by atoms with Crippen molar-refractivity contribution >= 4 is 23.5 Å². The fraction of sp³-hybridized carbons (Fsp3) is 0.222. The summed E-state index contributed by atoms with van der Waals surface area (Å²) in [5, 5.41) is 3.29. The lowest BCUT2D eigenvalue weighted by Crippen LogP contribution is -2.28. The van der Waals surface area contributed by atoms with E-state index in [4.69, 9.17) is 16.3 Å². The number of carbonyl (C=O) groups excluding carboxylic acids is 2. The summed E-state index contributed by atoms with van der Waals surface area (Å²) in [7, 11) is 0. The van der Waals surface area contributed by atoms with Crippen LogP contribution in [0.2, 0.25) is 5.02 Å². The van der Waals surface area contributed by atoms with Crippen molar-refractivity contribution in [2.75, 3.05) is 6.61 Å². The molecule has 0 bridgehead atoms. The van der Waals surface area contributed by atoms with Gasteiger partial charge in [0.25, 0.3) is 5.91 Å². The van der Waals surface area contributed by atoms with Gasteiger partial charge in [0.2, 0.25) is 0 Å². The highest BCUT2D eigenvalue weighted by atomic mass is 35.5. The van der Waals surface area contributed by atoms with Crippen molar-refractivity contribution in [3.05, 3.63) is 70.2 Å². The molecule has 0 aromatic heterocycles. The summed E-state index contributed by atoms with van der Waals surface area (Å²) in [5.41, 5.74) is 2.87. The van der Waals surface area contributed by atoms with Crippen molar-refractivity contribution in [2.24, 2.45) is 0 Å². The molecule has 0 aliphatic rings. The average Bonchev–Trinajstić information content (AvgIpc) is 2.53. The van der Waals surface area contributed by atoms with Crippen molar-refractivity contribution in [3.8, 4) is 0 Å². The van der Waals surface area contributed by atoms with Gasteiger partial charge in [0.05, 0.1) is 6.42 Å². The number of hydrogen-bond donors (Lipinski definition) is 1. The van der Waals surface area contributed by atoms with Gasteiger partial charge in [-0.3, -0.25) is 9.59 Å². The van der Waals surface area contributed by atoms with Crippen LogP contribution in [-0.2, 0) is 27.3 Å². The Balaban J connectivity index is 1.71. The van der Waals surface area contributed by atoms with Crippen molar-refractivity contribution in [2.45, 2.75) is 19.9 Å². The molecule has 0 aliphatic heterocycles. The SMILES string of the molecule is Cc1ccc(CC(=O)OCC(=O)NCc2cccc(Cl)c2)cc1. The number of ether oxygens (including phenoxy) is 1. The number of amides is 1. The molecular formula is C18H18ClNO3. The highest BCUT2D eigenvalue weighted by molar-refractivity contribution is 6.30. The van der Waals surface area contributed by atoms with Crippen LogP contribution in [0.25, 0.3) is 0 Å². The number of aryl methyl sites for hydroxylation is 1. The van der Waals surface area contributed by atoms with Gasteiger partial charge in [0.1, 0.15) is 0 Å². The van der Waals surface area contributed by atoms with Gasteiger partial charge in [-0.2, -0.15) is 0 Å². The Morgan fingerprint density at radius 1 is 1.09 bits per heavy atom. The Kier molecular flexibility index (Phi) is 6.18. The van der Waals surface area contributed by atoms with Crippen molar-refractivity contribution in [1.82, 2.24) is 5.32 Å². The molecule has 120 valence electrons. The van der Waals surface area contributed by atoms with Crippen LogP contribution in [0.1, 0.15) is 16.7 Å². The van der Waals surface area contributed by atoms with Crippen LogP contribution < -0.4 is 5.32 Å². The molecule has 2 rings (SSSR count). The fourth-order valence-corrected chi connectivity index (χ4v) is 2.18. The van der Waals surface area contributed by atoms with Crippen molar-refractivity contribution < 1.29 is 14.3 Å². The Hall–Kier alpha value is -2.33. The maximum atomic E-state index is 11.7. The third-order valence-electron chi connectivity index (χ3n) is 3.21. The number of hydrogen-bond acceptors (Lipinski definition) is 3. The van der Waals surface area contributed by atoms with Crippen molar-refractivity contribution in [1.29, 1.82) is 0 Å². The van der Waals surface area contributed by atoms with Crippen LogP contribution in [0.4, 0.5) is 0 Å². The molecular weight excluding hydrogens is 314 g/mol. The lowest BCUT2D eigenvalue weighted by atomic mass is 10.1. The molecule has 5 heteroatoms. The van der Waals surface area contributed by atoms with E-state index in [-0.39, 0.29) is 18.9 Å². The summed E-state index contributed by atoms with van der Waals surface area (Å²) in [4.78, 5) is 23.4. The van der Waals surface area contributed by atoms with Gasteiger partial charge in [-0.1, -0.05) is 53.6 Å². The molecule has 0 saturated heterocycles. The fourth-order valence-electron chi connectivity index (χ4n) is 1.97. The molecule has 4 nitrogen and oxygen atoms in total. The summed E-state index contributed by atoms with van der Waals surface area (Å²) in [6.45, 7) is 2.03. The van der Waals surface area contributed by atoms with E-state index in [0.717, 1.165) is 16.7 Å². The summed E-state index contributed by atoms with van der Waals surface area (Å²) in [5.74, 6) is -0.769. The van der Waals surface area contributed by atoms with E-state index >= 15 is 0 Å². The number of rotatable bonds is 6. The first-order chi connectivity index (χ1) is 11.0. The first-order valence-corrected chi connectivity index (χ1v) is 7.63. The maximum absolute atomic E-state index is 11.7. The van der Waals surface area contributed by atoms with Gasteiger partial charge in [-0.25, -0.2) is 0 Å². The molecule has 0 radical (unpaired) electrons. The smallest absolute Gasteiger partial charge is 0.310 e. The molecule has 23 heavy (non-hydrogen) atoms. The predicted octanol–water partition coefficient (Wildman–Crippen LogP) is 3.05. The lowest BCUT2D eigenvalue weighted by molar-refractivity contribution is -0.147. The van der Waals surface area contributed by atoms with Crippen molar-refractivity contribution in [3.63, 3.8) is 0 Å². The molecule has 0 spiro atoms. The molecule has 2 aromatic rings. The van der Waals surface area contributed by atoms with Gasteiger partial charge >= 0.3 is 5.97 Å². The predicted molar refractivity (Wildman–Crippen MR) is 89.1 cm³/mol. The van der Waals surface area contributed by atoms with Gasteiger partial charge in [0.15, 0.2) is 6.61 Å². The number of nitrogens with one attached hydrogen (secondary N) is 1. The number of benzene rings is 2. The van der Waals surface area contributed by atoms with E-state index in [1.165, 1.54) is 0 Å². The van der Waals surface area contributed by atoms with Crippen LogP contribution in [0.5, 0.6) is 0 Å². The monoisotopic (exact) mass is 331 g/mol. The van der Waals surface area contributed by atoms with Gasteiger partial charge in [-0.15, -0.1) is 0 Å². The largest absolute Gasteiger partial charge is 0.455 e. The first-order valence-electron chi connectivity index (χ1n) is 7.25. The second-order valence-corrected chi connectivity index (χ2v) is 5.67. The molecule has 0 heterocycles. The standard InChI is InChI=1S/C18H18ClNO3/c1-13-5-7-14(8-6-13)10-18(22)23-12-17(21)20-11-15-3-2-4-16(19)9-15/h2-9H,10-12H2,1H3,(H,20,21). The molecule has 0 aliphatic carbocycles. The quantitative estimate of drug-likeness (QED) is 0.828. The number of carbonyl (C=O) groups is 2. The second kappa shape index (κ2) is 8.34. The highest BCUT2D eigenvalue weighted by Crippen LogP contribution is 2.10. The van der Waals surface area contributed by atoms with E-state index in [2.05, 4.69) is 5.32 Å². The second-order valence-electron chi connectivity index (χ2n) is 5.23. The molecule has 0 saturated carbocycles. The zero-order valence-electron chi connectivity index (χ0n) is 12.8. The van der Waals surface area contributed by atoms with Gasteiger partial charge in [0, 0.05) is 11.6 Å². The Bertz CT molecular complexity index is 683. The van der Waals surface area contributed by atoms with E-state index < -0.39 is 5.97 Å². The molecule has 0 unspecified atom stereocenters. The molecule has 0 atom stereocenters. The van der Waals surface area contributed by atoms with Crippen LogP contribution >= 0.6 is 11.6 Å². The molecule has 0 fully saturated rings. The third kappa shape index (κ3) is 6.12. The lowest BCUT2D eigenvalue weighted by Gasteiger charge is -2.07. The minimum Gasteiger partial charge on any atom is -0.455 e. The Morgan fingerprint density at radius 2 is 1.83 bits per heavy atom. The van der Waals surface area contributed by atoms with Crippen LogP contribution in [0.15, 0.2) is 48.5 Å². The van der Waals surface area contributed by atoms with Crippen LogP contribution in [0.3, 0.4) is 0 Å². The minimum atomic E-state index is -0.424. The van der Waals surface area contributed by atoms with Crippen LogP contribution in [0, 0.1) is 6.92 Å². The molecule has 1 amide bonds.